The van der Waals surface area contributed by atoms with E-state index in [0.717, 1.165) is 18.4 Å². The lowest BCUT2D eigenvalue weighted by Crippen LogP contribution is -2.49. The van der Waals surface area contributed by atoms with Crippen molar-refractivity contribution in [1.29, 1.82) is 0 Å². The third-order valence-corrected chi connectivity index (χ3v) is 3.72. The maximum absolute atomic E-state index is 11.6. The first-order chi connectivity index (χ1) is 7.59. The van der Waals surface area contributed by atoms with Crippen LogP contribution in [0.25, 0.3) is 0 Å². The van der Waals surface area contributed by atoms with Crippen molar-refractivity contribution in [3.05, 3.63) is 22.4 Å². The van der Waals surface area contributed by atoms with Crippen LogP contribution in [0.5, 0.6) is 0 Å². The van der Waals surface area contributed by atoms with Gasteiger partial charge in [-0.3, -0.25) is 4.79 Å². The van der Waals surface area contributed by atoms with Crippen LogP contribution in [0.1, 0.15) is 32.3 Å². The van der Waals surface area contributed by atoms with E-state index in [9.17, 15) is 4.79 Å². The molecule has 0 saturated carbocycles. The SMILES string of the molecule is CCC(N)(CC)CNC(=O)Cc1ccsc1.Cl. The fraction of sp³-hybridized carbons (Fsp3) is 0.583. The standard InChI is InChI=1S/C12H20N2OS.ClH/c1-3-12(13,4-2)9-14-11(15)7-10-5-6-16-8-10;/h5-6,8H,3-4,7,9,13H2,1-2H3,(H,14,15);1H. The number of nitrogens with two attached hydrogens (primary N) is 1. The van der Waals surface area contributed by atoms with Gasteiger partial charge in [-0.05, 0) is 35.2 Å². The molecule has 0 atom stereocenters. The second kappa shape index (κ2) is 7.69. The van der Waals surface area contributed by atoms with E-state index in [-0.39, 0.29) is 23.9 Å². The van der Waals surface area contributed by atoms with Gasteiger partial charge in [-0.15, -0.1) is 12.4 Å². The van der Waals surface area contributed by atoms with Crippen LogP contribution in [0.2, 0.25) is 0 Å². The molecule has 1 aromatic heterocycles. The molecule has 0 aliphatic rings. The van der Waals surface area contributed by atoms with Crippen LogP contribution in [0.4, 0.5) is 0 Å². The normalized spacial score (nSPS) is 10.8. The van der Waals surface area contributed by atoms with Gasteiger partial charge in [0.2, 0.25) is 5.91 Å². The Morgan fingerprint density at radius 2 is 2.12 bits per heavy atom. The number of carbonyl (C=O) groups is 1. The van der Waals surface area contributed by atoms with Crippen LogP contribution in [-0.4, -0.2) is 18.0 Å². The van der Waals surface area contributed by atoms with Gasteiger partial charge >= 0.3 is 0 Å². The summed E-state index contributed by atoms with van der Waals surface area (Å²) < 4.78 is 0. The highest BCUT2D eigenvalue weighted by Gasteiger charge is 2.20. The molecule has 0 spiro atoms. The molecule has 1 aromatic rings. The van der Waals surface area contributed by atoms with Gasteiger partial charge in [0.1, 0.15) is 0 Å². The molecule has 3 N–H and O–H groups in total. The van der Waals surface area contributed by atoms with Crippen molar-refractivity contribution in [2.75, 3.05) is 6.54 Å². The first-order valence-corrected chi connectivity index (χ1v) is 6.60. The van der Waals surface area contributed by atoms with Gasteiger partial charge in [-0.2, -0.15) is 11.3 Å². The molecule has 0 aromatic carbocycles. The molecule has 0 saturated heterocycles. The van der Waals surface area contributed by atoms with E-state index in [4.69, 9.17) is 5.73 Å². The van der Waals surface area contributed by atoms with Crippen LogP contribution in [0.15, 0.2) is 16.8 Å². The quantitative estimate of drug-likeness (QED) is 0.838. The van der Waals surface area contributed by atoms with Gasteiger partial charge in [0.25, 0.3) is 0 Å². The maximum atomic E-state index is 11.6. The summed E-state index contributed by atoms with van der Waals surface area (Å²) in [5.41, 5.74) is 6.91. The van der Waals surface area contributed by atoms with Crippen molar-refractivity contribution in [3.63, 3.8) is 0 Å². The minimum atomic E-state index is -0.260. The summed E-state index contributed by atoms with van der Waals surface area (Å²) in [5, 5.41) is 6.88. The maximum Gasteiger partial charge on any atom is 0.224 e. The Bertz CT molecular complexity index is 323. The Morgan fingerprint density at radius 1 is 1.47 bits per heavy atom. The summed E-state index contributed by atoms with van der Waals surface area (Å²) in [6.07, 6.45) is 2.21. The minimum absolute atomic E-state index is 0. The van der Waals surface area contributed by atoms with Crippen LogP contribution < -0.4 is 11.1 Å². The highest BCUT2D eigenvalue weighted by molar-refractivity contribution is 7.07. The highest BCUT2D eigenvalue weighted by atomic mass is 35.5. The summed E-state index contributed by atoms with van der Waals surface area (Å²) >= 11 is 1.61. The topological polar surface area (TPSA) is 55.1 Å². The molecule has 0 bridgehead atoms. The van der Waals surface area contributed by atoms with E-state index in [1.54, 1.807) is 11.3 Å². The van der Waals surface area contributed by atoms with Crippen LogP contribution >= 0.6 is 23.7 Å². The lowest BCUT2D eigenvalue weighted by molar-refractivity contribution is -0.120. The van der Waals surface area contributed by atoms with Gasteiger partial charge in [0.15, 0.2) is 0 Å². The molecule has 0 radical (unpaired) electrons. The summed E-state index contributed by atoms with van der Waals surface area (Å²) in [6, 6.07) is 1.97. The molecular formula is C12H21ClN2OS. The largest absolute Gasteiger partial charge is 0.354 e. The molecule has 0 aliphatic carbocycles. The first kappa shape index (κ1) is 16.4. The predicted molar refractivity (Wildman–Crippen MR) is 75.8 cm³/mol. The minimum Gasteiger partial charge on any atom is -0.354 e. The molecule has 1 rings (SSSR count). The zero-order valence-electron chi connectivity index (χ0n) is 10.4. The predicted octanol–water partition coefficient (Wildman–Crippen LogP) is 2.35. The monoisotopic (exact) mass is 276 g/mol. The number of hydrogen-bond acceptors (Lipinski definition) is 3. The molecular weight excluding hydrogens is 256 g/mol. The first-order valence-electron chi connectivity index (χ1n) is 5.66. The van der Waals surface area contributed by atoms with Crippen LogP contribution in [0.3, 0.4) is 0 Å². The number of rotatable bonds is 6. The number of amides is 1. The number of carbonyl (C=O) groups excluding carboxylic acids is 1. The number of halogens is 1. The van der Waals surface area contributed by atoms with E-state index in [1.165, 1.54) is 0 Å². The van der Waals surface area contributed by atoms with Gasteiger partial charge < -0.3 is 11.1 Å². The van der Waals surface area contributed by atoms with E-state index in [2.05, 4.69) is 19.2 Å². The Morgan fingerprint density at radius 3 is 2.59 bits per heavy atom. The highest BCUT2D eigenvalue weighted by Crippen LogP contribution is 2.10. The summed E-state index contributed by atoms with van der Waals surface area (Å²) in [4.78, 5) is 11.6. The average molecular weight is 277 g/mol. The smallest absolute Gasteiger partial charge is 0.224 e. The van der Waals surface area contributed by atoms with Crippen LogP contribution in [-0.2, 0) is 11.2 Å². The van der Waals surface area contributed by atoms with E-state index >= 15 is 0 Å². The lowest BCUT2D eigenvalue weighted by atomic mass is 9.94. The van der Waals surface area contributed by atoms with Gasteiger partial charge in [-0.25, -0.2) is 0 Å². The molecule has 0 aliphatic heterocycles. The second-order valence-corrected chi connectivity index (χ2v) is 4.93. The van der Waals surface area contributed by atoms with Crippen molar-refractivity contribution in [1.82, 2.24) is 5.32 Å². The number of nitrogens with one attached hydrogen (secondary N) is 1. The molecule has 3 nitrogen and oxygen atoms in total. The van der Waals surface area contributed by atoms with E-state index in [0.29, 0.717) is 13.0 Å². The van der Waals surface area contributed by atoms with E-state index < -0.39 is 0 Å². The van der Waals surface area contributed by atoms with Crippen molar-refractivity contribution in [2.24, 2.45) is 5.73 Å². The molecule has 0 fully saturated rings. The van der Waals surface area contributed by atoms with Crippen molar-refractivity contribution < 1.29 is 4.79 Å². The molecule has 17 heavy (non-hydrogen) atoms. The average Bonchev–Trinajstić information content (AvgIpc) is 2.79. The number of hydrogen-bond donors (Lipinski definition) is 2. The Balaban J connectivity index is 0.00000256. The van der Waals surface area contributed by atoms with Gasteiger partial charge in [-0.1, -0.05) is 13.8 Å². The third-order valence-electron chi connectivity index (χ3n) is 2.99. The molecule has 98 valence electrons. The second-order valence-electron chi connectivity index (χ2n) is 4.15. The Hall–Kier alpha value is -0.580. The summed E-state index contributed by atoms with van der Waals surface area (Å²) in [6.45, 7) is 4.66. The Kier molecular flexibility index (Phi) is 7.43. The van der Waals surface area contributed by atoms with Crippen molar-refractivity contribution >= 4 is 29.7 Å². The van der Waals surface area contributed by atoms with Crippen molar-refractivity contribution in [3.8, 4) is 0 Å². The van der Waals surface area contributed by atoms with Crippen LogP contribution in [0, 0.1) is 0 Å². The zero-order chi connectivity index (χ0) is 12.0. The Labute approximate surface area is 113 Å². The summed E-state index contributed by atoms with van der Waals surface area (Å²) in [7, 11) is 0. The molecule has 5 heteroatoms. The fourth-order valence-electron chi connectivity index (χ4n) is 1.42. The molecule has 1 amide bonds. The number of thiophene rings is 1. The molecule has 1 heterocycles. The summed E-state index contributed by atoms with van der Waals surface area (Å²) in [5.74, 6) is 0.0510. The van der Waals surface area contributed by atoms with Gasteiger partial charge in [0.05, 0.1) is 6.42 Å². The molecule has 0 unspecified atom stereocenters. The van der Waals surface area contributed by atoms with E-state index in [1.807, 2.05) is 16.8 Å². The van der Waals surface area contributed by atoms with Gasteiger partial charge in [0, 0.05) is 12.1 Å². The lowest BCUT2D eigenvalue weighted by Gasteiger charge is -2.26. The third kappa shape index (κ3) is 5.52. The zero-order valence-corrected chi connectivity index (χ0v) is 12.0. The fourth-order valence-corrected chi connectivity index (χ4v) is 2.08. The van der Waals surface area contributed by atoms with Crippen molar-refractivity contribution in [2.45, 2.75) is 38.6 Å².